The normalized spacial score (nSPS) is 21.8. The topological polar surface area (TPSA) is 72.3 Å². The smallest absolute Gasteiger partial charge is 0.234 e. The van der Waals surface area contributed by atoms with Crippen molar-refractivity contribution in [2.45, 2.75) is 19.4 Å². The van der Waals surface area contributed by atoms with E-state index in [0.29, 0.717) is 6.42 Å². The first kappa shape index (κ1) is 9.48. The molecule has 0 radical (unpaired) electrons. The summed E-state index contributed by atoms with van der Waals surface area (Å²) in [5.41, 5.74) is 10.5. The number of nitrogens with two attached hydrogens (primary N) is 2. The van der Waals surface area contributed by atoms with Crippen molar-refractivity contribution in [1.82, 2.24) is 4.90 Å². The molecule has 0 bridgehead atoms. The Morgan fingerprint density at radius 2 is 2.25 bits per heavy atom. The summed E-state index contributed by atoms with van der Waals surface area (Å²) in [4.78, 5) is 12.8. The van der Waals surface area contributed by atoms with Gasteiger partial charge in [-0.2, -0.15) is 0 Å². The largest absolute Gasteiger partial charge is 0.368 e. The quantitative estimate of drug-likeness (QED) is 0.578. The number of primary amides is 1. The summed E-state index contributed by atoms with van der Waals surface area (Å²) < 4.78 is 0. The van der Waals surface area contributed by atoms with Crippen molar-refractivity contribution < 1.29 is 4.79 Å². The van der Waals surface area contributed by atoms with Crippen molar-refractivity contribution in [3.8, 4) is 0 Å². The molecule has 1 fully saturated rings. The number of carbonyl (C=O) groups excluding carboxylic acids is 1. The third kappa shape index (κ3) is 2.46. The second kappa shape index (κ2) is 3.87. The zero-order valence-corrected chi connectivity index (χ0v) is 7.49. The molecule has 0 saturated carbocycles. The maximum Gasteiger partial charge on any atom is 0.234 e. The average Bonchev–Trinajstić information content (AvgIpc) is 1.95. The highest BCUT2D eigenvalue weighted by Gasteiger charge is 2.22. The Labute approximate surface area is 72.9 Å². The fourth-order valence-corrected chi connectivity index (χ4v) is 1.47. The zero-order chi connectivity index (χ0) is 9.14. The third-order valence-corrected chi connectivity index (χ3v) is 2.26. The minimum absolute atomic E-state index is 0.399. The summed E-state index contributed by atoms with van der Waals surface area (Å²) in [6.45, 7) is 5.37. The van der Waals surface area contributed by atoms with E-state index in [2.05, 4.69) is 11.8 Å². The molecule has 0 aromatic carbocycles. The predicted octanol–water partition coefficient (Wildman–Crippen LogP) is -0.859. The van der Waals surface area contributed by atoms with E-state index >= 15 is 0 Å². The molecule has 1 unspecified atom stereocenters. The van der Waals surface area contributed by atoms with Crippen LogP contribution in [-0.4, -0.2) is 36.5 Å². The highest BCUT2D eigenvalue weighted by molar-refractivity contribution is 5.79. The molecule has 4 N–H and O–H groups in total. The highest BCUT2D eigenvalue weighted by Crippen LogP contribution is 2.13. The van der Waals surface area contributed by atoms with Gasteiger partial charge in [-0.05, 0) is 12.3 Å². The first-order valence-electron chi connectivity index (χ1n) is 4.37. The number of carbonyl (C=O) groups is 1. The highest BCUT2D eigenvalue weighted by atomic mass is 16.1. The Morgan fingerprint density at radius 1 is 1.67 bits per heavy atom. The van der Waals surface area contributed by atoms with Crippen LogP contribution in [0.3, 0.4) is 0 Å². The number of hydrogen-bond acceptors (Lipinski definition) is 3. The van der Waals surface area contributed by atoms with Crippen molar-refractivity contribution in [3.05, 3.63) is 0 Å². The maximum absolute atomic E-state index is 10.6. The average molecular weight is 171 g/mol. The van der Waals surface area contributed by atoms with E-state index in [0.717, 1.165) is 25.6 Å². The molecule has 1 aliphatic rings. The van der Waals surface area contributed by atoms with E-state index in [-0.39, 0.29) is 0 Å². The van der Waals surface area contributed by atoms with E-state index < -0.39 is 11.9 Å². The van der Waals surface area contributed by atoms with Gasteiger partial charge in [-0.15, -0.1) is 0 Å². The van der Waals surface area contributed by atoms with E-state index in [4.69, 9.17) is 11.5 Å². The molecular formula is C8H17N3O. The van der Waals surface area contributed by atoms with Gasteiger partial charge in [0.25, 0.3) is 0 Å². The lowest BCUT2D eigenvalue weighted by Gasteiger charge is -2.37. The van der Waals surface area contributed by atoms with Crippen LogP contribution in [0, 0.1) is 5.92 Å². The van der Waals surface area contributed by atoms with Crippen LogP contribution in [0.1, 0.15) is 13.3 Å². The van der Waals surface area contributed by atoms with Gasteiger partial charge in [-0.25, -0.2) is 0 Å². The van der Waals surface area contributed by atoms with E-state index in [9.17, 15) is 4.79 Å². The SMILES string of the molecule is CC1CN(CCC(N)C(N)=O)C1. The Morgan fingerprint density at radius 3 is 2.67 bits per heavy atom. The maximum atomic E-state index is 10.6. The van der Waals surface area contributed by atoms with Crippen LogP contribution in [0.25, 0.3) is 0 Å². The summed E-state index contributed by atoms with van der Waals surface area (Å²) in [5, 5.41) is 0. The lowest BCUT2D eigenvalue weighted by atomic mass is 10.0. The fraction of sp³-hybridized carbons (Fsp3) is 0.875. The minimum atomic E-state index is -0.471. The molecule has 1 saturated heterocycles. The first-order chi connectivity index (χ1) is 5.59. The molecule has 4 nitrogen and oxygen atoms in total. The lowest BCUT2D eigenvalue weighted by Crippen LogP contribution is -2.48. The van der Waals surface area contributed by atoms with Crippen LogP contribution < -0.4 is 11.5 Å². The van der Waals surface area contributed by atoms with E-state index in [1.54, 1.807) is 0 Å². The molecule has 12 heavy (non-hydrogen) atoms. The van der Waals surface area contributed by atoms with Gasteiger partial charge in [0.15, 0.2) is 0 Å². The Balaban J connectivity index is 2.06. The van der Waals surface area contributed by atoms with Gasteiger partial charge in [0, 0.05) is 19.6 Å². The van der Waals surface area contributed by atoms with Gasteiger partial charge in [-0.1, -0.05) is 6.92 Å². The first-order valence-corrected chi connectivity index (χ1v) is 4.37. The summed E-state index contributed by atoms with van der Waals surface area (Å²) in [7, 11) is 0. The Hall–Kier alpha value is -0.610. The Kier molecular flexibility index (Phi) is 3.05. The van der Waals surface area contributed by atoms with E-state index in [1.165, 1.54) is 0 Å². The van der Waals surface area contributed by atoms with E-state index in [1.807, 2.05) is 0 Å². The number of likely N-dealkylation sites (tertiary alicyclic amines) is 1. The van der Waals surface area contributed by atoms with Gasteiger partial charge in [0.1, 0.15) is 0 Å². The van der Waals surface area contributed by atoms with Crippen LogP contribution in [0.15, 0.2) is 0 Å². The van der Waals surface area contributed by atoms with Crippen LogP contribution >= 0.6 is 0 Å². The second-order valence-corrected chi connectivity index (χ2v) is 3.66. The molecule has 70 valence electrons. The van der Waals surface area contributed by atoms with Gasteiger partial charge < -0.3 is 16.4 Å². The molecule has 1 amide bonds. The second-order valence-electron chi connectivity index (χ2n) is 3.66. The van der Waals surface area contributed by atoms with Crippen LogP contribution in [0.2, 0.25) is 0 Å². The number of hydrogen-bond donors (Lipinski definition) is 2. The summed E-state index contributed by atoms with van der Waals surface area (Å²) >= 11 is 0. The summed E-state index contributed by atoms with van der Waals surface area (Å²) in [6.07, 6.45) is 0.683. The molecule has 0 aliphatic carbocycles. The number of rotatable bonds is 4. The minimum Gasteiger partial charge on any atom is -0.368 e. The van der Waals surface area contributed by atoms with Crippen LogP contribution in [-0.2, 0) is 4.79 Å². The lowest BCUT2D eigenvalue weighted by molar-refractivity contribution is -0.119. The molecular weight excluding hydrogens is 154 g/mol. The molecule has 0 aromatic heterocycles. The van der Waals surface area contributed by atoms with Crippen LogP contribution in [0.4, 0.5) is 0 Å². The molecule has 1 rings (SSSR count). The molecule has 0 spiro atoms. The van der Waals surface area contributed by atoms with Crippen molar-refractivity contribution >= 4 is 5.91 Å². The molecule has 1 atom stereocenters. The summed E-state index contributed by atoms with van der Waals surface area (Å²) in [6, 6.07) is -0.471. The number of nitrogens with zero attached hydrogens (tertiary/aromatic N) is 1. The van der Waals surface area contributed by atoms with Gasteiger partial charge in [-0.3, -0.25) is 4.79 Å². The van der Waals surface area contributed by atoms with Crippen LogP contribution in [0.5, 0.6) is 0 Å². The molecule has 4 heteroatoms. The number of amides is 1. The Bertz CT molecular complexity index is 166. The monoisotopic (exact) mass is 171 g/mol. The van der Waals surface area contributed by atoms with Crippen molar-refractivity contribution in [1.29, 1.82) is 0 Å². The summed E-state index contributed by atoms with van der Waals surface area (Å²) in [5.74, 6) is 0.401. The third-order valence-electron chi connectivity index (χ3n) is 2.26. The molecule has 1 aliphatic heterocycles. The van der Waals surface area contributed by atoms with Crippen molar-refractivity contribution in [2.75, 3.05) is 19.6 Å². The van der Waals surface area contributed by atoms with Gasteiger partial charge in [0.05, 0.1) is 6.04 Å². The fourth-order valence-electron chi connectivity index (χ4n) is 1.47. The van der Waals surface area contributed by atoms with Crippen molar-refractivity contribution in [2.24, 2.45) is 17.4 Å². The van der Waals surface area contributed by atoms with Gasteiger partial charge in [0.2, 0.25) is 5.91 Å². The van der Waals surface area contributed by atoms with Gasteiger partial charge >= 0.3 is 0 Å². The standard InChI is InChI=1S/C8H17N3O/c1-6-4-11(5-6)3-2-7(9)8(10)12/h6-7H,2-5,9H2,1H3,(H2,10,12). The van der Waals surface area contributed by atoms with Crippen molar-refractivity contribution in [3.63, 3.8) is 0 Å². The molecule has 0 aromatic rings. The molecule has 1 heterocycles. The predicted molar refractivity (Wildman–Crippen MR) is 47.4 cm³/mol. The zero-order valence-electron chi connectivity index (χ0n) is 7.49.